The summed E-state index contributed by atoms with van der Waals surface area (Å²) < 4.78 is 0. The molecule has 4 nitrogen and oxygen atoms in total. The molecule has 0 aliphatic heterocycles. The topological polar surface area (TPSA) is 58.2 Å². The molecule has 0 aromatic heterocycles. The van der Waals surface area contributed by atoms with E-state index in [1.165, 1.54) is 31.0 Å². The molecular formula is C25H27ClN2O2S. The zero-order valence-corrected chi connectivity index (χ0v) is 19.0. The molecule has 0 unspecified atom stereocenters. The van der Waals surface area contributed by atoms with Crippen molar-refractivity contribution in [3.05, 3.63) is 59.1 Å². The zero-order chi connectivity index (χ0) is 21.4. The summed E-state index contributed by atoms with van der Waals surface area (Å²) in [6.45, 7) is 0. The van der Waals surface area contributed by atoms with Crippen LogP contribution in [-0.4, -0.2) is 23.1 Å². The molecule has 0 spiro atoms. The number of anilines is 1. The largest absolute Gasteiger partial charge is 0.350 e. The Labute approximate surface area is 192 Å². The van der Waals surface area contributed by atoms with Gasteiger partial charge in [0.1, 0.15) is 0 Å². The van der Waals surface area contributed by atoms with E-state index in [1.807, 2.05) is 18.2 Å². The van der Waals surface area contributed by atoms with Gasteiger partial charge in [0, 0.05) is 21.1 Å². The molecule has 4 aliphatic rings. The Kier molecular flexibility index (Phi) is 5.74. The molecular weight excluding hydrogens is 428 g/mol. The second kappa shape index (κ2) is 8.51. The fraction of sp³-hybridized carbons (Fsp3) is 0.440. The van der Waals surface area contributed by atoms with Crippen molar-refractivity contribution in [2.24, 2.45) is 17.8 Å². The number of halogens is 1. The summed E-state index contributed by atoms with van der Waals surface area (Å²) in [6, 6.07) is 14.5. The van der Waals surface area contributed by atoms with Crippen LogP contribution in [0.2, 0.25) is 5.02 Å². The third-order valence-electron chi connectivity index (χ3n) is 7.04. The van der Waals surface area contributed by atoms with E-state index in [2.05, 4.69) is 10.6 Å². The lowest BCUT2D eigenvalue weighted by molar-refractivity contribution is -0.124. The van der Waals surface area contributed by atoms with Crippen molar-refractivity contribution >= 4 is 40.9 Å². The first-order valence-corrected chi connectivity index (χ1v) is 12.4. The van der Waals surface area contributed by atoms with E-state index in [1.54, 1.807) is 30.3 Å². The van der Waals surface area contributed by atoms with Gasteiger partial charge in [-0.1, -0.05) is 23.7 Å². The highest BCUT2D eigenvalue weighted by Crippen LogP contribution is 2.55. The highest BCUT2D eigenvalue weighted by molar-refractivity contribution is 8.00. The average Bonchev–Trinajstić information content (AvgIpc) is 2.73. The highest BCUT2D eigenvalue weighted by atomic mass is 35.5. The van der Waals surface area contributed by atoms with Crippen LogP contribution in [0, 0.1) is 17.8 Å². The Bertz CT molecular complexity index is 956. The van der Waals surface area contributed by atoms with Crippen molar-refractivity contribution < 1.29 is 9.59 Å². The number of amides is 2. The van der Waals surface area contributed by atoms with Gasteiger partial charge in [-0.2, -0.15) is 0 Å². The second-order valence-corrected chi connectivity index (χ2v) is 10.9. The third kappa shape index (κ3) is 4.63. The van der Waals surface area contributed by atoms with Gasteiger partial charge in [0.25, 0.3) is 5.91 Å². The third-order valence-corrected chi connectivity index (χ3v) is 8.36. The molecule has 4 fully saturated rings. The smallest absolute Gasteiger partial charge is 0.256 e. The SMILES string of the molecule is O=C(CSc1ccccc1C(=O)Nc1ccc(Cl)cc1)NC12CC3CC(CC(C3)C1)C2. The first kappa shape index (κ1) is 20.9. The van der Waals surface area contributed by atoms with Crippen molar-refractivity contribution in [3.8, 4) is 0 Å². The van der Waals surface area contributed by atoms with Crippen molar-refractivity contribution in [1.82, 2.24) is 5.32 Å². The molecule has 31 heavy (non-hydrogen) atoms. The summed E-state index contributed by atoms with van der Waals surface area (Å²) in [5.74, 6) is 2.63. The maximum Gasteiger partial charge on any atom is 0.256 e. The number of carbonyl (C=O) groups excluding carboxylic acids is 2. The molecule has 6 heteroatoms. The number of rotatable bonds is 6. The van der Waals surface area contributed by atoms with E-state index in [4.69, 9.17) is 11.6 Å². The van der Waals surface area contributed by atoms with Crippen molar-refractivity contribution in [2.45, 2.75) is 49.0 Å². The molecule has 4 aliphatic carbocycles. The van der Waals surface area contributed by atoms with Crippen molar-refractivity contribution in [3.63, 3.8) is 0 Å². The van der Waals surface area contributed by atoms with Crippen molar-refractivity contribution in [2.75, 3.05) is 11.1 Å². The summed E-state index contributed by atoms with van der Waals surface area (Å²) in [5.41, 5.74) is 1.29. The van der Waals surface area contributed by atoms with Gasteiger partial charge in [-0.25, -0.2) is 0 Å². The van der Waals surface area contributed by atoms with E-state index < -0.39 is 0 Å². The molecule has 2 aromatic rings. The predicted molar refractivity (Wildman–Crippen MR) is 126 cm³/mol. The first-order valence-electron chi connectivity index (χ1n) is 11.1. The Morgan fingerprint density at radius 3 is 2.19 bits per heavy atom. The molecule has 0 heterocycles. The molecule has 2 N–H and O–H groups in total. The van der Waals surface area contributed by atoms with Gasteiger partial charge in [-0.15, -0.1) is 11.8 Å². The summed E-state index contributed by atoms with van der Waals surface area (Å²) in [7, 11) is 0. The Balaban J connectivity index is 1.21. The van der Waals surface area contributed by atoms with E-state index >= 15 is 0 Å². The molecule has 4 saturated carbocycles. The summed E-state index contributed by atoms with van der Waals surface area (Å²) in [4.78, 5) is 26.5. The molecule has 0 atom stereocenters. The van der Waals surface area contributed by atoms with E-state index in [9.17, 15) is 9.59 Å². The van der Waals surface area contributed by atoms with Crippen LogP contribution in [0.15, 0.2) is 53.4 Å². The quantitative estimate of drug-likeness (QED) is 0.545. The monoisotopic (exact) mass is 454 g/mol. The molecule has 2 amide bonds. The fourth-order valence-corrected chi connectivity index (χ4v) is 7.23. The summed E-state index contributed by atoms with van der Waals surface area (Å²) in [5, 5.41) is 6.94. The van der Waals surface area contributed by atoms with Gasteiger partial charge in [-0.05, 0) is 92.7 Å². The summed E-state index contributed by atoms with van der Waals surface area (Å²) in [6.07, 6.45) is 7.53. The lowest BCUT2D eigenvalue weighted by atomic mass is 9.53. The number of hydrogen-bond donors (Lipinski definition) is 2. The fourth-order valence-electron chi connectivity index (χ4n) is 6.25. The van der Waals surface area contributed by atoms with Gasteiger partial charge in [0.15, 0.2) is 0 Å². The predicted octanol–water partition coefficient (Wildman–Crippen LogP) is 5.77. The number of benzene rings is 2. The van der Waals surface area contributed by atoms with Crippen LogP contribution < -0.4 is 10.6 Å². The van der Waals surface area contributed by atoms with Crippen molar-refractivity contribution in [1.29, 1.82) is 0 Å². The maximum absolute atomic E-state index is 12.9. The van der Waals surface area contributed by atoms with Gasteiger partial charge in [-0.3, -0.25) is 9.59 Å². The zero-order valence-electron chi connectivity index (χ0n) is 17.4. The van der Waals surface area contributed by atoms with Crippen LogP contribution in [0.25, 0.3) is 0 Å². The lowest BCUT2D eigenvalue weighted by Gasteiger charge is -2.56. The molecule has 162 valence electrons. The van der Waals surface area contributed by atoms with Crippen LogP contribution in [0.5, 0.6) is 0 Å². The van der Waals surface area contributed by atoms with Crippen LogP contribution in [-0.2, 0) is 4.79 Å². The minimum Gasteiger partial charge on any atom is -0.350 e. The van der Waals surface area contributed by atoms with Gasteiger partial charge in [0.2, 0.25) is 5.91 Å². The molecule has 2 aromatic carbocycles. The normalized spacial score (nSPS) is 28.4. The molecule has 6 rings (SSSR count). The van der Waals surface area contributed by atoms with Gasteiger partial charge in [0.05, 0.1) is 11.3 Å². The molecule has 0 saturated heterocycles. The maximum atomic E-state index is 12.9. The minimum absolute atomic E-state index is 0.0257. The van der Waals surface area contributed by atoms with Crippen LogP contribution in [0.4, 0.5) is 5.69 Å². The average molecular weight is 455 g/mol. The molecule has 4 bridgehead atoms. The Hall–Kier alpha value is -1.98. The van der Waals surface area contributed by atoms with E-state index in [0.717, 1.165) is 41.9 Å². The van der Waals surface area contributed by atoms with Crippen LogP contribution in [0.1, 0.15) is 48.9 Å². The van der Waals surface area contributed by atoms with Crippen LogP contribution >= 0.6 is 23.4 Å². The minimum atomic E-state index is -0.188. The number of hydrogen-bond acceptors (Lipinski definition) is 3. The van der Waals surface area contributed by atoms with Crippen LogP contribution in [0.3, 0.4) is 0 Å². The van der Waals surface area contributed by atoms with E-state index in [0.29, 0.717) is 22.0 Å². The standard InChI is InChI=1S/C25H27ClN2O2S/c26-19-5-7-20(8-6-19)27-24(30)21-3-1-2-4-22(21)31-15-23(29)28-25-12-16-9-17(13-25)11-18(10-16)14-25/h1-8,16-18H,9-15H2,(H,27,30)(H,28,29). The Morgan fingerprint density at radius 2 is 1.55 bits per heavy atom. The summed E-state index contributed by atoms with van der Waals surface area (Å²) >= 11 is 7.35. The van der Waals surface area contributed by atoms with Gasteiger partial charge >= 0.3 is 0 Å². The number of carbonyl (C=O) groups is 2. The lowest BCUT2D eigenvalue weighted by Crippen LogP contribution is -2.60. The first-order chi connectivity index (χ1) is 15.0. The number of nitrogens with one attached hydrogen (secondary N) is 2. The molecule has 0 radical (unpaired) electrons. The highest BCUT2D eigenvalue weighted by Gasteiger charge is 2.51. The van der Waals surface area contributed by atoms with Gasteiger partial charge < -0.3 is 10.6 Å². The number of thioether (sulfide) groups is 1. The van der Waals surface area contributed by atoms with E-state index in [-0.39, 0.29) is 17.4 Å². The second-order valence-electron chi connectivity index (χ2n) is 9.49. The Morgan fingerprint density at radius 1 is 0.935 bits per heavy atom.